The number of aryl methyl sites for hydroxylation is 2. The summed E-state index contributed by atoms with van der Waals surface area (Å²) in [5, 5.41) is 7.51. The maximum Gasteiger partial charge on any atom is 0.224 e. The van der Waals surface area contributed by atoms with E-state index in [1.54, 1.807) is 0 Å². The van der Waals surface area contributed by atoms with Gasteiger partial charge in [0.2, 0.25) is 11.8 Å². The van der Waals surface area contributed by atoms with Crippen LogP contribution in [0.4, 0.5) is 0 Å². The van der Waals surface area contributed by atoms with Gasteiger partial charge in [-0.05, 0) is 69.8 Å². The summed E-state index contributed by atoms with van der Waals surface area (Å²) in [5.74, 6) is 0.595. The van der Waals surface area contributed by atoms with Crippen LogP contribution in [0, 0.1) is 18.3 Å². The average molecular weight is 399 g/mol. The maximum atomic E-state index is 12.6. The zero-order valence-electron chi connectivity index (χ0n) is 17.7. The van der Waals surface area contributed by atoms with E-state index in [-0.39, 0.29) is 23.1 Å². The standard InChI is InChI=1S/C23H34N4O2/c1-18-8-13-27(25-18)14-9-21(28)26-15-10-23(11-16-26)17-20(23)22(29)24-12-7-19-5-3-2-4-6-19/h5,8,13,20H,2-4,6-7,9-12,14-17H2,1H3,(H,24,29). The Balaban J connectivity index is 1.16. The highest BCUT2D eigenvalue weighted by Gasteiger charge is 2.58. The zero-order chi connectivity index (χ0) is 20.3. The van der Waals surface area contributed by atoms with Gasteiger partial charge in [0, 0.05) is 44.7 Å². The van der Waals surface area contributed by atoms with E-state index in [0.29, 0.717) is 13.0 Å². The molecule has 1 saturated carbocycles. The van der Waals surface area contributed by atoms with Crippen molar-refractivity contribution in [3.05, 3.63) is 29.6 Å². The van der Waals surface area contributed by atoms with Gasteiger partial charge in [-0.15, -0.1) is 0 Å². The highest BCUT2D eigenvalue weighted by molar-refractivity contribution is 5.83. The molecule has 2 fully saturated rings. The number of hydrogen-bond acceptors (Lipinski definition) is 3. The minimum Gasteiger partial charge on any atom is -0.356 e. The number of piperidine rings is 1. The van der Waals surface area contributed by atoms with Crippen molar-refractivity contribution in [3.63, 3.8) is 0 Å². The minimum atomic E-state index is 0.157. The SMILES string of the molecule is Cc1ccn(CCC(=O)N2CCC3(CC2)CC3C(=O)NCCC2=CCCCC2)n1. The van der Waals surface area contributed by atoms with Crippen LogP contribution in [-0.2, 0) is 16.1 Å². The Hall–Kier alpha value is -2.11. The molecule has 1 spiro atoms. The lowest BCUT2D eigenvalue weighted by atomic mass is 9.90. The van der Waals surface area contributed by atoms with Gasteiger partial charge in [0.15, 0.2) is 0 Å². The Bertz CT molecular complexity index is 774. The number of rotatable bonds is 7. The molecule has 2 heterocycles. The largest absolute Gasteiger partial charge is 0.356 e. The number of carbonyl (C=O) groups is 2. The van der Waals surface area contributed by atoms with E-state index in [9.17, 15) is 9.59 Å². The second-order valence-electron chi connectivity index (χ2n) is 9.12. The molecule has 3 aliphatic rings. The molecule has 0 radical (unpaired) electrons. The lowest BCUT2D eigenvalue weighted by Crippen LogP contribution is -2.41. The Kier molecular flexibility index (Phi) is 6.07. The molecule has 0 bridgehead atoms. The van der Waals surface area contributed by atoms with E-state index in [1.165, 1.54) is 31.3 Å². The van der Waals surface area contributed by atoms with Gasteiger partial charge in [0.1, 0.15) is 0 Å². The van der Waals surface area contributed by atoms with Crippen molar-refractivity contribution >= 4 is 11.8 Å². The summed E-state index contributed by atoms with van der Waals surface area (Å²) in [6.45, 7) is 4.93. The van der Waals surface area contributed by atoms with Crippen molar-refractivity contribution in [3.8, 4) is 0 Å². The first kappa shape index (κ1) is 20.2. The van der Waals surface area contributed by atoms with Crippen LogP contribution in [0.1, 0.15) is 63.5 Å². The number of likely N-dealkylation sites (tertiary alicyclic amines) is 1. The number of nitrogens with zero attached hydrogens (tertiary/aromatic N) is 3. The third kappa shape index (κ3) is 4.90. The molecule has 2 aliphatic carbocycles. The number of hydrogen-bond donors (Lipinski definition) is 1. The summed E-state index contributed by atoms with van der Waals surface area (Å²) in [6.07, 6.45) is 13.7. The molecule has 6 nitrogen and oxygen atoms in total. The highest BCUT2D eigenvalue weighted by atomic mass is 16.2. The van der Waals surface area contributed by atoms with E-state index >= 15 is 0 Å². The minimum absolute atomic E-state index is 0.157. The summed E-state index contributed by atoms with van der Waals surface area (Å²) in [5.41, 5.74) is 2.65. The van der Waals surface area contributed by atoms with Crippen molar-refractivity contribution in [1.29, 1.82) is 0 Å². The van der Waals surface area contributed by atoms with Crippen LogP contribution in [-0.4, -0.2) is 46.1 Å². The Morgan fingerprint density at radius 2 is 2.10 bits per heavy atom. The zero-order valence-corrected chi connectivity index (χ0v) is 17.7. The molecule has 1 N–H and O–H groups in total. The number of amides is 2. The average Bonchev–Trinajstić information content (AvgIpc) is 3.27. The molecule has 6 heteroatoms. The first-order valence-electron chi connectivity index (χ1n) is 11.3. The number of allylic oxidation sites excluding steroid dienone is 1. The lowest BCUT2D eigenvalue weighted by Gasteiger charge is -2.33. The first-order chi connectivity index (χ1) is 14.1. The molecule has 1 unspecified atom stereocenters. The van der Waals surface area contributed by atoms with Gasteiger partial charge in [0.05, 0.1) is 5.69 Å². The molecule has 1 aromatic heterocycles. The van der Waals surface area contributed by atoms with E-state index < -0.39 is 0 Å². The molecular weight excluding hydrogens is 364 g/mol. The van der Waals surface area contributed by atoms with Crippen molar-refractivity contribution in [2.24, 2.45) is 11.3 Å². The van der Waals surface area contributed by atoms with Crippen LogP contribution < -0.4 is 5.32 Å². The maximum absolute atomic E-state index is 12.6. The number of carbonyl (C=O) groups excluding carboxylic acids is 2. The van der Waals surface area contributed by atoms with Crippen LogP contribution in [0.2, 0.25) is 0 Å². The summed E-state index contributed by atoms with van der Waals surface area (Å²) >= 11 is 0. The second kappa shape index (κ2) is 8.72. The van der Waals surface area contributed by atoms with Crippen LogP contribution in [0.25, 0.3) is 0 Å². The quantitative estimate of drug-likeness (QED) is 0.717. The van der Waals surface area contributed by atoms with E-state index in [2.05, 4.69) is 16.5 Å². The van der Waals surface area contributed by atoms with E-state index in [0.717, 1.165) is 51.0 Å². The topological polar surface area (TPSA) is 67.2 Å². The van der Waals surface area contributed by atoms with Crippen molar-refractivity contribution in [2.75, 3.05) is 19.6 Å². The molecule has 2 amide bonds. The van der Waals surface area contributed by atoms with Crippen LogP contribution in [0.3, 0.4) is 0 Å². The van der Waals surface area contributed by atoms with Gasteiger partial charge < -0.3 is 10.2 Å². The predicted octanol–water partition coefficient (Wildman–Crippen LogP) is 3.22. The van der Waals surface area contributed by atoms with Crippen LogP contribution >= 0.6 is 0 Å². The monoisotopic (exact) mass is 398 g/mol. The first-order valence-corrected chi connectivity index (χ1v) is 11.3. The van der Waals surface area contributed by atoms with Gasteiger partial charge in [-0.3, -0.25) is 14.3 Å². The fourth-order valence-electron chi connectivity index (χ4n) is 5.03. The molecule has 4 rings (SSSR count). The smallest absolute Gasteiger partial charge is 0.224 e. The third-order valence-electron chi connectivity index (χ3n) is 7.08. The van der Waals surface area contributed by atoms with Gasteiger partial charge in [-0.1, -0.05) is 11.6 Å². The molecule has 158 valence electrons. The van der Waals surface area contributed by atoms with Crippen molar-refractivity contribution < 1.29 is 9.59 Å². The normalized spacial score (nSPS) is 23.0. The van der Waals surface area contributed by atoms with Crippen LogP contribution in [0.15, 0.2) is 23.9 Å². The second-order valence-corrected chi connectivity index (χ2v) is 9.12. The molecule has 0 aromatic carbocycles. The van der Waals surface area contributed by atoms with Crippen molar-refractivity contribution in [2.45, 2.75) is 71.3 Å². The molecule has 29 heavy (non-hydrogen) atoms. The van der Waals surface area contributed by atoms with Gasteiger partial charge in [-0.2, -0.15) is 5.10 Å². The van der Waals surface area contributed by atoms with Gasteiger partial charge >= 0.3 is 0 Å². The lowest BCUT2D eigenvalue weighted by molar-refractivity contribution is -0.133. The highest BCUT2D eigenvalue weighted by Crippen LogP contribution is 2.59. The molecule has 1 saturated heterocycles. The molecule has 1 atom stereocenters. The summed E-state index contributed by atoms with van der Waals surface area (Å²) < 4.78 is 1.84. The van der Waals surface area contributed by atoms with Crippen LogP contribution in [0.5, 0.6) is 0 Å². The number of nitrogens with one attached hydrogen (secondary N) is 1. The fraction of sp³-hybridized carbons (Fsp3) is 0.696. The molecule has 1 aliphatic heterocycles. The fourth-order valence-corrected chi connectivity index (χ4v) is 5.03. The molecule has 1 aromatic rings. The molecular formula is C23H34N4O2. The van der Waals surface area contributed by atoms with Gasteiger partial charge in [-0.25, -0.2) is 0 Å². The Labute approximate surface area is 173 Å². The summed E-state index contributed by atoms with van der Waals surface area (Å²) in [4.78, 5) is 27.1. The Morgan fingerprint density at radius 3 is 2.79 bits per heavy atom. The number of aromatic nitrogens is 2. The predicted molar refractivity (Wildman–Crippen MR) is 112 cm³/mol. The Morgan fingerprint density at radius 1 is 1.28 bits per heavy atom. The summed E-state index contributed by atoms with van der Waals surface area (Å²) in [7, 11) is 0. The van der Waals surface area contributed by atoms with E-state index in [1.807, 2.05) is 28.8 Å². The van der Waals surface area contributed by atoms with E-state index in [4.69, 9.17) is 0 Å². The van der Waals surface area contributed by atoms with Crippen molar-refractivity contribution in [1.82, 2.24) is 20.0 Å². The van der Waals surface area contributed by atoms with Gasteiger partial charge in [0.25, 0.3) is 0 Å². The summed E-state index contributed by atoms with van der Waals surface area (Å²) in [6, 6.07) is 1.96. The third-order valence-corrected chi connectivity index (χ3v) is 7.08.